The first-order valence-corrected chi connectivity index (χ1v) is 8.86. The SMILES string of the molecule is CC(CN)CNC(=O)C(C)N1CCC(Cc2ccccc2)CC1. The number of benzene rings is 1. The van der Waals surface area contributed by atoms with Gasteiger partial charge in [0.25, 0.3) is 0 Å². The van der Waals surface area contributed by atoms with Gasteiger partial charge in [-0.1, -0.05) is 37.3 Å². The highest BCUT2D eigenvalue weighted by Crippen LogP contribution is 2.22. The Balaban J connectivity index is 1.74. The molecule has 1 aromatic rings. The largest absolute Gasteiger partial charge is 0.354 e. The summed E-state index contributed by atoms with van der Waals surface area (Å²) >= 11 is 0. The minimum atomic E-state index is -0.0438. The molecule has 4 nitrogen and oxygen atoms in total. The first-order valence-electron chi connectivity index (χ1n) is 8.86. The van der Waals surface area contributed by atoms with E-state index in [0.29, 0.717) is 19.0 Å². The van der Waals surface area contributed by atoms with Crippen molar-refractivity contribution >= 4 is 5.91 Å². The number of carbonyl (C=O) groups excluding carboxylic acids is 1. The van der Waals surface area contributed by atoms with Gasteiger partial charge in [0.1, 0.15) is 0 Å². The molecule has 1 aliphatic rings. The maximum atomic E-state index is 12.2. The number of likely N-dealkylation sites (tertiary alicyclic amines) is 1. The Bertz CT molecular complexity index is 469. The summed E-state index contributed by atoms with van der Waals surface area (Å²) in [5.41, 5.74) is 7.02. The third-order valence-electron chi connectivity index (χ3n) is 4.97. The lowest BCUT2D eigenvalue weighted by atomic mass is 9.89. The van der Waals surface area contributed by atoms with Crippen LogP contribution in [0.1, 0.15) is 32.3 Å². The van der Waals surface area contributed by atoms with Crippen LogP contribution in [0.15, 0.2) is 30.3 Å². The van der Waals surface area contributed by atoms with E-state index < -0.39 is 0 Å². The fourth-order valence-corrected chi connectivity index (χ4v) is 3.16. The van der Waals surface area contributed by atoms with Gasteiger partial charge in [-0.25, -0.2) is 0 Å². The van der Waals surface area contributed by atoms with Crippen LogP contribution in [0, 0.1) is 11.8 Å². The van der Waals surface area contributed by atoms with Crippen LogP contribution in [0.2, 0.25) is 0 Å². The number of amides is 1. The molecular formula is C19H31N3O. The minimum Gasteiger partial charge on any atom is -0.354 e. The van der Waals surface area contributed by atoms with Gasteiger partial charge in [-0.15, -0.1) is 0 Å². The monoisotopic (exact) mass is 317 g/mol. The summed E-state index contributed by atoms with van der Waals surface area (Å²) in [6.45, 7) is 7.38. The van der Waals surface area contributed by atoms with Crippen molar-refractivity contribution in [2.24, 2.45) is 17.6 Å². The van der Waals surface area contributed by atoms with Crippen LogP contribution in [0.4, 0.5) is 0 Å². The van der Waals surface area contributed by atoms with E-state index in [4.69, 9.17) is 5.73 Å². The van der Waals surface area contributed by atoms with E-state index in [1.165, 1.54) is 18.4 Å². The third kappa shape index (κ3) is 5.63. The maximum Gasteiger partial charge on any atom is 0.237 e. The molecule has 0 aliphatic carbocycles. The zero-order chi connectivity index (χ0) is 16.7. The van der Waals surface area contributed by atoms with Crippen molar-refractivity contribution in [3.63, 3.8) is 0 Å². The molecule has 4 heteroatoms. The summed E-state index contributed by atoms with van der Waals surface area (Å²) < 4.78 is 0. The molecule has 1 fully saturated rings. The number of hydrogen-bond acceptors (Lipinski definition) is 3. The van der Waals surface area contributed by atoms with Gasteiger partial charge >= 0.3 is 0 Å². The van der Waals surface area contributed by atoms with Crippen LogP contribution in [0.3, 0.4) is 0 Å². The van der Waals surface area contributed by atoms with Crippen molar-refractivity contribution in [3.8, 4) is 0 Å². The molecule has 0 saturated carbocycles. The first kappa shape index (κ1) is 18.0. The Morgan fingerprint density at radius 3 is 2.52 bits per heavy atom. The van der Waals surface area contributed by atoms with Gasteiger partial charge in [-0.05, 0) is 63.2 Å². The van der Waals surface area contributed by atoms with Crippen LogP contribution in [-0.4, -0.2) is 43.0 Å². The molecule has 23 heavy (non-hydrogen) atoms. The Kier molecular flexibility index (Phi) is 7.06. The van der Waals surface area contributed by atoms with Crippen LogP contribution < -0.4 is 11.1 Å². The summed E-state index contributed by atoms with van der Waals surface area (Å²) in [5, 5.41) is 3.02. The van der Waals surface area contributed by atoms with Gasteiger partial charge in [0, 0.05) is 6.54 Å². The summed E-state index contributed by atoms with van der Waals surface area (Å²) in [6.07, 6.45) is 3.50. The second-order valence-corrected chi connectivity index (χ2v) is 6.93. The molecule has 1 aliphatic heterocycles. The molecule has 2 atom stereocenters. The van der Waals surface area contributed by atoms with Crippen LogP contribution in [0.5, 0.6) is 0 Å². The highest BCUT2D eigenvalue weighted by atomic mass is 16.2. The lowest BCUT2D eigenvalue weighted by molar-refractivity contribution is -0.126. The number of carbonyl (C=O) groups is 1. The summed E-state index contributed by atoms with van der Waals surface area (Å²) in [7, 11) is 0. The van der Waals surface area contributed by atoms with Gasteiger partial charge in [0.15, 0.2) is 0 Å². The number of hydrogen-bond donors (Lipinski definition) is 2. The van der Waals surface area contributed by atoms with Gasteiger partial charge in [0.2, 0.25) is 5.91 Å². The fourth-order valence-electron chi connectivity index (χ4n) is 3.16. The molecule has 2 unspecified atom stereocenters. The van der Waals surface area contributed by atoms with Crippen molar-refractivity contribution in [2.75, 3.05) is 26.2 Å². The van der Waals surface area contributed by atoms with Crippen molar-refractivity contribution in [2.45, 2.75) is 39.2 Å². The molecule has 2 rings (SSSR count). The fraction of sp³-hybridized carbons (Fsp3) is 0.632. The highest BCUT2D eigenvalue weighted by Gasteiger charge is 2.26. The van der Waals surface area contributed by atoms with Crippen molar-refractivity contribution < 1.29 is 4.79 Å². The summed E-state index contributed by atoms with van der Waals surface area (Å²) in [6, 6.07) is 10.7. The maximum absolute atomic E-state index is 12.2. The molecule has 0 aromatic heterocycles. The van der Waals surface area contributed by atoms with Gasteiger partial charge in [0.05, 0.1) is 6.04 Å². The van der Waals surface area contributed by atoms with Gasteiger partial charge in [-0.2, -0.15) is 0 Å². The predicted octanol–water partition coefficient (Wildman–Crippen LogP) is 2.04. The van der Waals surface area contributed by atoms with Crippen LogP contribution in [-0.2, 0) is 11.2 Å². The Labute approximate surface area is 140 Å². The Hall–Kier alpha value is -1.39. The average molecular weight is 317 g/mol. The highest BCUT2D eigenvalue weighted by molar-refractivity contribution is 5.81. The zero-order valence-corrected chi connectivity index (χ0v) is 14.5. The van der Waals surface area contributed by atoms with E-state index in [1.54, 1.807) is 0 Å². The number of nitrogens with two attached hydrogens (primary N) is 1. The zero-order valence-electron chi connectivity index (χ0n) is 14.5. The quantitative estimate of drug-likeness (QED) is 0.809. The van der Waals surface area contributed by atoms with E-state index in [-0.39, 0.29) is 11.9 Å². The normalized spacial score (nSPS) is 19.3. The average Bonchev–Trinajstić information content (AvgIpc) is 2.60. The molecule has 128 valence electrons. The van der Waals surface area contributed by atoms with Crippen molar-refractivity contribution in [1.29, 1.82) is 0 Å². The number of rotatable bonds is 7. The second-order valence-electron chi connectivity index (χ2n) is 6.93. The van der Waals surface area contributed by atoms with Gasteiger partial charge in [-0.3, -0.25) is 9.69 Å². The summed E-state index contributed by atoms with van der Waals surface area (Å²) in [5.74, 6) is 1.20. The molecule has 1 heterocycles. The molecule has 1 saturated heterocycles. The van der Waals surface area contributed by atoms with Crippen molar-refractivity contribution in [1.82, 2.24) is 10.2 Å². The number of nitrogens with zero attached hydrogens (tertiary/aromatic N) is 1. The molecular weight excluding hydrogens is 286 g/mol. The van der Waals surface area contributed by atoms with E-state index in [2.05, 4.69) is 47.5 Å². The topological polar surface area (TPSA) is 58.4 Å². The summed E-state index contributed by atoms with van der Waals surface area (Å²) in [4.78, 5) is 14.6. The number of piperidine rings is 1. The van der Waals surface area contributed by atoms with Crippen molar-refractivity contribution in [3.05, 3.63) is 35.9 Å². The van der Waals surface area contributed by atoms with Crippen LogP contribution in [0.25, 0.3) is 0 Å². The van der Waals surface area contributed by atoms with E-state index >= 15 is 0 Å². The predicted molar refractivity (Wildman–Crippen MR) is 95.1 cm³/mol. The molecule has 1 aromatic carbocycles. The Morgan fingerprint density at radius 2 is 1.91 bits per heavy atom. The van der Waals surface area contributed by atoms with E-state index in [0.717, 1.165) is 25.4 Å². The molecule has 0 spiro atoms. The lowest BCUT2D eigenvalue weighted by Gasteiger charge is -2.35. The van der Waals surface area contributed by atoms with E-state index in [9.17, 15) is 4.79 Å². The van der Waals surface area contributed by atoms with E-state index in [1.807, 2.05) is 6.92 Å². The minimum absolute atomic E-state index is 0.0438. The molecule has 1 amide bonds. The number of nitrogens with one attached hydrogen (secondary N) is 1. The second kappa shape index (κ2) is 9.04. The van der Waals surface area contributed by atoms with Crippen LogP contribution >= 0.6 is 0 Å². The lowest BCUT2D eigenvalue weighted by Crippen LogP contribution is -2.49. The smallest absolute Gasteiger partial charge is 0.237 e. The standard InChI is InChI=1S/C19H31N3O/c1-15(13-20)14-21-19(23)16(2)22-10-8-18(9-11-22)12-17-6-4-3-5-7-17/h3-7,15-16,18H,8-14,20H2,1-2H3,(H,21,23). The van der Waals surface area contributed by atoms with Gasteiger partial charge < -0.3 is 11.1 Å². The molecule has 0 bridgehead atoms. The molecule has 0 radical (unpaired) electrons. The molecule has 3 N–H and O–H groups in total. The first-order chi connectivity index (χ1) is 11.1. The third-order valence-corrected chi connectivity index (χ3v) is 4.97. The Morgan fingerprint density at radius 1 is 1.26 bits per heavy atom.